The van der Waals surface area contributed by atoms with Crippen LogP contribution in [0.25, 0.3) is 0 Å². The molecular formula is C17H34Cl2N6O2. The molecule has 2 unspecified atom stereocenters. The summed E-state index contributed by atoms with van der Waals surface area (Å²) in [5, 5.41) is 12.7. The average molecular weight is 425 g/mol. The number of nitrogens with two attached hydrogens (primary N) is 2. The summed E-state index contributed by atoms with van der Waals surface area (Å²) in [7, 11) is 0. The van der Waals surface area contributed by atoms with Gasteiger partial charge in [0.1, 0.15) is 6.04 Å². The number of hydrogen-bond donors (Lipinski definition) is 5. The fourth-order valence-corrected chi connectivity index (χ4v) is 3.61. The maximum Gasteiger partial charge on any atom is 0.242 e. The van der Waals surface area contributed by atoms with Crippen LogP contribution in [0.2, 0.25) is 0 Å². The molecule has 1 heterocycles. The Balaban J connectivity index is 0.00000338. The van der Waals surface area contributed by atoms with Gasteiger partial charge in [0, 0.05) is 19.6 Å². The van der Waals surface area contributed by atoms with Crippen LogP contribution >= 0.6 is 24.8 Å². The zero-order valence-electron chi connectivity index (χ0n) is 15.7. The van der Waals surface area contributed by atoms with Gasteiger partial charge in [-0.15, -0.1) is 24.8 Å². The van der Waals surface area contributed by atoms with E-state index < -0.39 is 6.04 Å². The first-order valence-electron chi connectivity index (χ1n) is 9.42. The molecular weight excluding hydrogens is 391 g/mol. The van der Waals surface area contributed by atoms with Gasteiger partial charge in [0.15, 0.2) is 5.96 Å². The molecule has 2 amide bonds. The van der Waals surface area contributed by atoms with Crippen molar-refractivity contribution in [1.82, 2.24) is 15.5 Å². The zero-order valence-corrected chi connectivity index (χ0v) is 17.4. The van der Waals surface area contributed by atoms with Crippen molar-refractivity contribution in [3.8, 4) is 0 Å². The molecule has 8 nitrogen and oxygen atoms in total. The zero-order chi connectivity index (χ0) is 18.2. The summed E-state index contributed by atoms with van der Waals surface area (Å²) in [5.74, 6) is 0.0697. The number of nitrogens with zero attached hydrogens (tertiary/aromatic N) is 1. The smallest absolute Gasteiger partial charge is 0.242 e. The summed E-state index contributed by atoms with van der Waals surface area (Å²) < 4.78 is 0. The summed E-state index contributed by atoms with van der Waals surface area (Å²) in [4.78, 5) is 26.5. The molecule has 0 aromatic carbocycles. The molecule has 7 N–H and O–H groups in total. The summed E-state index contributed by atoms with van der Waals surface area (Å²) in [5.41, 5.74) is 11.4. The van der Waals surface area contributed by atoms with Crippen molar-refractivity contribution in [3.05, 3.63) is 0 Å². The van der Waals surface area contributed by atoms with Gasteiger partial charge in [-0.1, -0.05) is 19.3 Å². The minimum Gasteiger partial charge on any atom is -0.370 e. The minimum atomic E-state index is -0.464. The van der Waals surface area contributed by atoms with Crippen molar-refractivity contribution in [2.75, 3.05) is 19.6 Å². The summed E-state index contributed by atoms with van der Waals surface area (Å²) in [6, 6.07) is -0.828. The largest absolute Gasteiger partial charge is 0.370 e. The number of carbonyl (C=O) groups excluding carboxylic acids is 2. The molecule has 10 heteroatoms. The van der Waals surface area contributed by atoms with Gasteiger partial charge in [0.05, 0.1) is 6.04 Å². The van der Waals surface area contributed by atoms with Gasteiger partial charge in [0.2, 0.25) is 11.8 Å². The second-order valence-corrected chi connectivity index (χ2v) is 7.10. The number of guanidine groups is 1. The Hall–Kier alpha value is -1.25. The summed E-state index contributed by atoms with van der Waals surface area (Å²) in [6.07, 6.45) is 7.89. The van der Waals surface area contributed by atoms with E-state index in [-0.39, 0.29) is 54.5 Å². The highest BCUT2D eigenvalue weighted by Crippen LogP contribution is 2.28. The molecule has 2 fully saturated rings. The topological polar surface area (TPSA) is 137 Å². The molecule has 158 valence electrons. The fourth-order valence-electron chi connectivity index (χ4n) is 3.61. The first kappa shape index (κ1) is 25.8. The normalized spacial score (nSPS) is 20.3. The van der Waals surface area contributed by atoms with E-state index in [1.54, 1.807) is 4.90 Å². The second-order valence-electron chi connectivity index (χ2n) is 7.10. The SMILES string of the molecule is Cl.Cl.N=C(N)NCCCCNC(=O)C1CCN1C(=O)C(N)C1CCCCC1. The predicted molar refractivity (Wildman–Crippen MR) is 111 cm³/mol. The lowest BCUT2D eigenvalue weighted by Gasteiger charge is -2.42. The van der Waals surface area contributed by atoms with Crippen LogP contribution < -0.4 is 22.1 Å². The van der Waals surface area contributed by atoms with Gasteiger partial charge in [-0.05, 0) is 38.0 Å². The van der Waals surface area contributed by atoms with E-state index in [1.165, 1.54) is 6.42 Å². The van der Waals surface area contributed by atoms with Crippen molar-refractivity contribution in [2.45, 2.75) is 63.5 Å². The van der Waals surface area contributed by atoms with Crippen molar-refractivity contribution < 1.29 is 9.59 Å². The summed E-state index contributed by atoms with van der Waals surface area (Å²) in [6.45, 7) is 1.81. The van der Waals surface area contributed by atoms with Crippen LogP contribution in [-0.2, 0) is 9.59 Å². The Morgan fingerprint density at radius 1 is 1.04 bits per heavy atom. The molecule has 1 saturated carbocycles. The predicted octanol–water partition coefficient (Wildman–Crippen LogP) is 0.718. The van der Waals surface area contributed by atoms with Gasteiger partial charge < -0.3 is 27.0 Å². The van der Waals surface area contributed by atoms with E-state index in [2.05, 4.69) is 10.6 Å². The first-order chi connectivity index (χ1) is 12.0. The first-order valence-corrected chi connectivity index (χ1v) is 9.42. The Bertz CT molecular complexity index is 488. The highest BCUT2D eigenvalue weighted by Gasteiger charge is 2.40. The van der Waals surface area contributed by atoms with Crippen molar-refractivity contribution >= 4 is 42.6 Å². The third-order valence-electron chi connectivity index (χ3n) is 5.27. The monoisotopic (exact) mass is 424 g/mol. The molecule has 0 radical (unpaired) electrons. The van der Waals surface area contributed by atoms with Crippen LogP contribution in [0, 0.1) is 11.3 Å². The van der Waals surface area contributed by atoms with Crippen LogP contribution in [0.3, 0.4) is 0 Å². The standard InChI is InChI=1S/C17H32N6O2.2ClH/c18-14(12-6-2-1-3-7-12)16(25)23-11-8-13(23)15(24)21-9-4-5-10-22-17(19)20;;/h12-14H,1-11,18H2,(H,21,24)(H4,19,20,22);2*1H. The molecule has 27 heavy (non-hydrogen) atoms. The van der Waals surface area contributed by atoms with Crippen LogP contribution in [0.5, 0.6) is 0 Å². The number of rotatable bonds is 8. The average Bonchev–Trinajstić information content (AvgIpc) is 2.56. The van der Waals surface area contributed by atoms with Gasteiger partial charge >= 0.3 is 0 Å². The molecule has 0 spiro atoms. The molecule has 2 atom stereocenters. The lowest BCUT2D eigenvalue weighted by atomic mass is 9.83. The Morgan fingerprint density at radius 2 is 1.63 bits per heavy atom. The molecule has 2 rings (SSSR count). The highest BCUT2D eigenvalue weighted by atomic mass is 35.5. The molecule has 0 aromatic rings. The lowest BCUT2D eigenvalue weighted by Crippen LogP contribution is -2.62. The fraction of sp³-hybridized carbons (Fsp3) is 0.824. The number of amides is 2. The van der Waals surface area contributed by atoms with E-state index in [9.17, 15) is 9.59 Å². The molecule has 1 saturated heterocycles. The van der Waals surface area contributed by atoms with Gasteiger partial charge in [-0.3, -0.25) is 15.0 Å². The molecule has 0 bridgehead atoms. The number of likely N-dealkylation sites (tertiary alicyclic amines) is 1. The van der Waals surface area contributed by atoms with Crippen LogP contribution in [0.15, 0.2) is 0 Å². The van der Waals surface area contributed by atoms with E-state index >= 15 is 0 Å². The third-order valence-corrected chi connectivity index (χ3v) is 5.27. The second kappa shape index (κ2) is 13.0. The van der Waals surface area contributed by atoms with Gasteiger partial charge in [-0.2, -0.15) is 0 Å². The molecule has 0 aromatic heterocycles. The quantitative estimate of drug-likeness (QED) is 0.222. The highest BCUT2D eigenvalue weighted by molar-refractivity contribution is 5.91. The van der Waals surface area contributed by atoms with E-state index in [1.807, 2.05) is 0 Å². The van der Waals surface area contributed by atoms with Crippen LogP contribution in [0.4, 0.5) is 0 Å². The Morgan fingerprint density at radius 3 is 2.15 bits per heavy atom. The van der Waals surface area contributed by atoms with Crippen LogP contribution in [0.1, 0.15) is 51.4 Å². The van der Waals surface area contributed by atoms with Crippen molar-refractivity contribution in [2.24, 2.45) is 17.4 Å². The van der Waals surface area contributed by atoms with Crippen molar-refractivity contribution in [1.29, 1.82) is 5.41 Å². The third kappa shape index (κ3) is 7.71. The molecule has 2 aliphatic rings. The minimum absolute atomic E-state index is 0. The number of carbonyl (C=O) groups is 2. The van der Waals surface area contributed by atoms with Gasteiger partial charge in [-0.25, -0.2) is 0 Å². The van der Waals surface area contributed by atoms with E-state index in [0.29, 0.717) is 26.1 Å². The van der Waals surface area contributed by atoms with Crippen molar-refractivity contribution in [3.63, 3.8) is 0 Å². The number of halogens is 2. The Kier molecular flexibility index (Phi) is 12.4. The lowest BCUT2D eigenvalue weighted by molar-refractivity contribution is -0.149. The van der Waals surface area contributed by atoms with E-state index in [0.717, 1.165) is 38.5 Å². The maximum atomic E-state index is 12.6. The molecule has 1 aliphatic carbocycles. The van der Waals surface area contributed by atoms with Crippen LogP contribution in [-0.4, -0.2) is 54.4 Å². The number of hydrogen-bond acceptors (Lipinski definition) is 4. The molecule has 1 aliphatic heterocycles. The summed E-state index contributed by atoms with van der Waals surface area (Å²) >= 11 is 0. The van der Waals surface area contributed by atoms with E-state index in [4.69, 9.17) is 16.9 Å². The number of nitrogens with one attached hydrogen (secondary N) is 3. The maximum absolute atomic E-state index is 12.6. The number of unbranched alkanes of at least 4 members (excludes halogenated alkanes) is 1. The Labute approximate surface area is 173 Å². The van der Waals surface area contributed by atoms with Gasteiger partial charge in [0.25, 0.3) is 0 Å².